The summed E-state index contributed by atoms with van der Waals surface area (Å²) in [5, 5.41) is 10.0. The molecule has 0 unspecified atom stereocenters. The Morgan fingerprint density at radius 1 is 1.00 bits per heavy atom. The summed E-state index contributed by atoms with van der Waals surface area (Å²) in [5.74, 6) is 0.726. The number of aliphatic imine (C=N–C) groups is 1. The number of aromatic hydroxyl groups is 1. The first-order chi connectivity index (χ1) is 9.50. The number of phenols is 1. The van der Waals surface area contributed by atoms with Gasteiger partial charge in [-0.2, -0.15) is 0 Å². The van der Waals surface area contributed by atoms with E-state index in [0.29, 0.717) is 11.7 Å². The smallest absolute Gasteiger partial charge is 0.127 e. The molecule has 0 atom stereocenters. The monoisotopic (exact) mass is 267 g/mol. The van der Waals surface area contributed by atoms with Crippen molar-refractivity contribution in [3.8, 4) is 5.75 Å². The van der Waals surface area contributed by atoms with Crippen LogP contribution in [0.2, 0.25) is 0 Å². The Kier molecular flexibility index (Phi) is 4.23. The summed E-state index contributed by atoms with van der Waals surface area (Å²) < 4.78 is 0. The van der Waals surface area contributed by atoms with Gasteiger partial charge in [-0.05, 0) is 42.5 Å². The molecule has 0 amide bonds. The number of benzene rings is 2. The molecule has 0 aliphatic carbocycles. The molecule has 0 saturated carbocycles. The van der Waals surface area contributed by atoms with Gasteiger partial charge in [0.05, 0.1) is 5.69 Å². The van der Waals surface area contributed by atoms with Crippen molar-refractivity contribution < 1.29 is 5.11 Å². The van der Waals surface area contributed by atoms with Crippen LogP contribution in [-0.4, -0.2) is 11.3 Å². The fourth-order valence-corrected chi connectivity index (χ4v) is 2.24. The molecule has 0 aliphatic rings. The molecule has 0 spiro atoms. The number of rotatable bonds is 3. The molecule has 0 heterocycles. The van der Waals surface area contributed by atoms with Crippen LogP contribution in [0.25, 0.3) is 0 Å². The van der Waals surface area contributed by atoms with Crippen molar-refractivity contribution in [1.82, 2.24) is 0 Å². The van der Waals surface area contributed by atoms with Crippen LogP contribution in [0.3, 0.4) is 0 Å². The zero-order chi connectivity index (χ0) is 14.7. The van der Waals surface area contributed by atoms with E-state index in [2.05, 4.69) is 44.0 Å². The highest BCUT2D eigenvalue weighted by molar-refractivity contribution is 5.86. The van der Waals surface area contributed by atoms with E-state index in [0.717, 1.165) is 22.4 Å². The lowest BCUT2D eigenvalue weighted by Gasteiger charge is -2.11. The number of phenolic OH excluding ortho intramolecular Hbond substituents is 1. The first-order valence-corrected chi connectivity index (χ1v) is 6.93. The minimum absolute atomic E-state index is 0.302. The van der Waals surface area contributed by atoms with Crippen molar-refractivity contribution in [3.05, 3.63) is 58.7 Å². The highest BCUT2D eigenvalue weighted by Crippen LogP contribution is 2.30. The summed E-state index contributed by atoms with van der Waals surface area (Å²) >= 11 is 0. The lowest BCUT2D eigenvalue weighted by atomic mass is 9.98. The SMILES string of the molecule is Cc1cccc(/C=N/c2c(C)cccc2C(C)C)c1O. The van der Waals surface area contributed by atoms with E-state index in [-0.39, 0.29) is 0 Å². The topological polar surface area (TPSA) is 32.6 Å². The first kappa shape index (κ1) is 14.3. The van der Waals surface area contributed by atoms with Crippen molar-refractivity contribution in [1.29, 1.82) is 0 Å². The molecule has 0 aromatic heterocycles. The maximum absolute atomic E-state index is 10.0. The third-order valence-electron chi connectivity index (χ3n) is 3.49. The summed E-state index contributed by atoms with van der Waals surface area (Å²) in [5.41, 5.74) is 5.00. The van der Waals surface area contributed by atoms with Gasteiger partial charge in [0.1, 0.15) is 5.75 Å². The molecule has 2 aromatic carbocycles. The number of para-hydroxylation sites is 2. The predicted molar refractivity (Wildman–Crippen MR) is 85.4 cm³/mol. The summed E-state index contributed by atoms with van der Waals surface area (Å²) in [6.07, 6.45) is 1.75. The van der Waals surface area contributed by atoms with Crippen LogP contribution in [0.5, 0.6) is 5.75 Å². The molecule has 104 valence electrons. The van der Waals surface area contributed by atoms with Crippen LogP contribution in [-0.2, 0) is 0 Å². The van der Waals surface area contributed by atoms with E-state index in [4.69, 9.17) is 0 Å². The average Bonchev–Trinajstić information content (AvgIpc) is 2.41. The predicted octanol–water partition coefficient (Wildman–Crippen LogP) is 4.88. The van der Waals surface area contributed by atoms with Crippen molar-refractivity contribution in [2.45, 2.75) is 33.6 Å². The fraction of sp³-hybridized carbons (Fsp3) is 0.278. The van der Waals surface area contributed by atoms with E-state index in [9.17, 15) is 5.11 Å². The van der Waals surface area contributed by atoms with Crippen molar-refractivity contribution in [3.63, 3.8) is 0 Å². The molecule has 2 heteroatoms. The van der Waals surface area contributed by atoms with E-state index < -0.39 is 0 Å². The lowest BCUT2D eigenvalue weighted by molar-refractivity contribution is 0.470. The van der Waals surface area contributed by atoms with Crippen molar-refractivity contribution in [2.24, 2.45) is 4.99 Å². The molecule has 0 fully saturated rings. The van der Waals surface area contributed by atoms with Crippen LogP contribution in [0.4, 0.5) is 5.69 Å². The molecule has 2 nitrogen and oxygen atoms in total. The second-order valence-corrected chi connectivity index (χ2v) is 5.44. The first-order valence-electron chi connectivity index (χ1n) is 6.93. The fourth-order valence-electron chi connectivity index (χ4n) is 2.24. The minimum Gasteiger partial charge on any atom is -0.507 e. The van der Waals surface area contributed by atoms with E-state index in [1.807, 2.05) is 25.1 Å². The lowest BCUT2D eigenvalue weighted by Crippen LogP contribution is -1.91. The third-order valence-corrected chi connectivity index (χ3v) is 3.49. The third kappa shape index (κ3) is 2.90. The molecular formula is C18H21NO. The minimum atomic E-state index is 0.302. The summed E-state index contributed by atoms with van der Waals surface area (Å²) in [6, 6.07) is 11.9. The Labute approximate surface area is 120 Å². The van der Waals surface area contributed by atoms with E-state index >= 15 is 0 Å². The van der Waals surface area contributed by atoms with Gasteiger partial charge < -0.3 is 5.11 Å². The van der Waals surface area contributed by atoms with Gasteiger partial charge >= 0.3 is 0 Å². The average molecular weight is 267 g/mol. The summed E-state index contributed by atoms with van der Waals surface area (Å²) in [4.78, 5) is 4.61. The van der Waals surface area contributed by atoms with Gasteiger partial charge in [0, 0.05) is 11.8 Å². The Morgan fingerprint density at radius 3 is 2.35 bits per heavy atom. The van der Waals surface area contributed by atoms with Crippen LogP contribution in [0.15, 0.2) is 41.4 Å². The Balaban J connectivity index is 2.44. The van der Waals surface area contributed by atoms with Crippen LogP contribution in [0.1, 0.15) is 42.0 Å². The maximum atomic E-state index is 10.0. The van der Waals surface area contributed by atoms with Gasteiger partial charge in [-0.15, -0.1) is 0 Å². The van der Waals surface area contributed by atoms with Crippen LogP contribution >= 0.6 is 0 Å². The number of nitrogens with zero attached hydrogens (tertiary/aromatic N) is 1. The molecule has 0 bridgehead atoms. The van der Waals surface area contributed by atoms with Crippen molar-refractivity contribution >= 4 is 11.9 Å². The zero-order valence-electron chi connectivity index (χ0n) is 12.5. The van der Waals surface area contributed by atoms with E-state index in [1.54, 1.807) is 6.21 Å². The molecule has 2 rings (SSSR count). The second kappa shape index (κ2) is 5.91. The molecule has 1 N–H and O–H groups in total. The normalized spacial score (nSPS) is 11.4. The second-order valence-electron chi connectivity index (χ2n) is 5.44. The van der Waals surface area contributed by atoms with E-state index in [1.165, 1.54) is 5.56 Å². The standard InChI is InChI=1S/C18H21NO/c1-12(2)16-10-6-7-13(3)17(16)19-11-15-9-5-8-14(4)18(15)20/h5-12,20H,1-4H3/b19-11+. The number of aryl methyl sites for hydroxylation is 2. The van der Waals surface area contributed by atoms with Gasteiger partial charge in [0.25, 0.3) is 0 Å². The quantitative estimate of drug-likeness (QED) is 0.789. The molecule has 20 heavy (non-hydrogen) atoms. The van der Waals surface area contributed by atoms with Gasteiger partial charge in [-0.25, -0.2) is 0 Å². The Hall–Kier alpha value is -2.09. The van der Waals surface area contributed by atoms with Crippen molar-refractivity contribution in [2.75, 3.05) is 0 Å². The number of hydrogen-bond acceptors (Lipinski definition) is 2. The Morgan fingerprint density at radius 2 is 1.65 bits per heavy atom. The van der Waals surface area contributed by atoms with Gasteiger partial charge in [0.15, 0.2) is 0 Å². The zero-order valence-corrected chi connectivity index (χ0v) is 12.5. The van der Waals surface area contributed by atoms with Gasteiger partial charge in [-0.1, -0.05) is 44.2 Å². The van der Waals surface area contributed by atoms with Crippen LogP contribution < -0.4 is 0 Å². The maximum Gasteiger partial charge on any atom is 0.127 e. The van der Waals surface area contributed by atoms with Crippen LogP contribution in [0, 0.1) is 13.8 Å². The van der Waals surface area contributed by atoms with Gasteiger partial charge in [-0.3, -0.25) is 4.99 Å². The molecule has 2 aromatic rings. The highest BCUT2D eigenvalue weighted by Gasteiger charge is 2.08. The summed E-state index contributed by atoms with van der Waals surface area (Å²) in [7, 11) is 0. The molecule has 0 radical (unpaired) electrons. The number of hydrogen-bond donors (Lipinski definition) is 1. The highest BCUT2D eigenvalue weighted by atomic mass is 16.3. The largest absolute Gasteiger partial charge is 0.507 e. The molecular weight excluding hydrogens is 246 g/mol. The molecule has 0 aliphatic heterocycles. The molecule has 0 saturated heterocycles. The Bertz CT molecular complexity index is 642. The summed E-state index contributed by atoms with van der Waals surface area (Å²) in [6.45, 7) is 8.28. The van der Waals surface area contributed by atoms with Gasteiger partial charge in [0.2, 0.25) is 0 Å².